The SMILES string of the molecule is CCN(CC)C(=O)c1ccc([C@H](c2cccc(C)c2)N2CCN(Cc3ccc(F)cc3)CC2)cc1. The Bertz CT molecular complexity index is 1100. The van der Waals surface area contributed by atoms with E-state index in [1.165, 1.54) is 28.8 Å². The molecular weight excluding hydrogens is 437 g/mol. The molecular formula is C30H36FN3O. The van der Waals surface area contributed by atoms with E-state index in [9.17, 15) is 9.18 Å². The number of piperazine rings is 1. The third-order valence-corrected chi connectivity index (χ3v) is 6.97. The molecule has 1 saturated heterocycles. The molecule has 1 atom stereocenters. The van der Waals surface area contributed by atoms with Crippen LogP contribution in [0.5, 0.6) is 0 Å². The highest BCUT2D eigenvalue weighted by molar-refractivity contribution is 5.94. The minimum atomic E-state index is -0.190. The van der Waals surface area contributed by atoms with Gasteiger partial charge in [-0.3, -0.25) is 14.6 Å². The lowest BCUT2D eigenvalue weighted by atomic mass is 9.94. The first-order chi connectivity index (χ1) is 17.0. The second-order valence-electron chi connectivity index (χ2n) is 9.35. The number of aryl methyl sites for hydroxylation is 1. The van der Waals surface area contributed by atoms with E-state index in [2.05, 4.69) is 53.1 Å². The van der Waals surface area contributed by atoms with Crippen molar-refractivity contribution in [3.63, 3.8) is 0 Å². The normalized spacial score (nSPS) is 15.7. The number of benzene rings is 3. The molecule has 0 unspecified atom stereocenters. The Hall–Kier alpha value is -3.02. The molecule has 0 spiro atoms. The predicted molar refractivity (Wildman–Crippen MR) is 140 cm³/mol. The molecule has 4 nitrogen and oxygen atoms in total. The van der Waals surface area contributed by atoms with Crippen molar-refractivity contribution in [3.05, 3.63) is 106 Å². The molecule has 3 aromatic carbocycles. The van der Waals surface area contributed by atoms with E-state index in [-0.39, 0.29) is 17.8 Å². The zero-order valence-electron chi connectivity index (χ0n) is 21.1. The highest BCUT2D eigenvalue weighted by Gasteiger charge is 2.27. The molecule has 0 aromatic heterocycles. The van der Waals surface area contributed by atoms with Gasteiger partial charge in [0.25, 0.3) is 5.91 Å². The van der Waals surface area contributed by atoms with E-state index in [0.29, 0.717) is 13.1 Å². The molecule has 0 aliphatic carbocycles. The minimum Gasteiger partial charge on any atom is -0.339 e. The number of carbonyl (C=O) groups excluding carboxylic acids is 1. The summed E-state index contributed by atoms with van der Waals surface area (Å²) in [4.78, 5) is 19.6. The summed E-state index contributed by atoms with van der Waals surface area (Å²) in [7, 11) is 0. The van der Waals surface area contributed by atoms with Gasteiger partial charge in [0.05, 0.1) is 6.04 Å². The number of amides is 1. The van der Waals surface area contributed by atoms with Crippen molar-refractivity contribution in [2.75, 3.05) is 39.3 Å². The van der Waals surface area contributed by atoms with Crippen LogP contribution in [0.2, 0.25) is 0 Å². The maximum Gasteiger partial charge on any atom is 0.253 e. The molecule has 184 valence electrons. The Kier molecular flexibility index (Phi) is 8.32. The van der Waals surface area contributed by atoms with Crippen LogP contribution in [-0.2, 0) is 6.54 Å². The van der Waals surface area contributed by atoms with Gasteiger partial charge >= 0.3 is 0 Å². The van der Waals surface area contributed by atoms with Gasteiger partial charge in [-0.15, -0.1) is 0 Å². The number of hydrogen-bond donors (Lipinski definition) is 0. The summed E-state index contributed by atoms with van der Waals surface area (Å²) in [5, 5.41) is 0. The molecule has 1 aliphatic heterocycles. The van der Waals surface area contributed by atoms with Gasteiger partial charge in [-0.2, -0.15) is 0 Å². The molecule has 1 heterocycles. The van der Waals surface area contributed by atoms with Gasteiger partial charge in [-0.05, 0) is 61.7 Å². The Morgan fingerprint density at radius 2 is 1.54 bits per heavy atom. The molecule has 5 heteroatoms. The Morgan fingerprint density at radius 3 is 2.14 bits per heavy atom. The van der Waals surface area contributed by atoms with Crippen LogP contribution in [0.25, 0.3) is 0 Å². The van der Waals surface area contributed by atoms with Crippen LogP contribution in [0.15, 0.2) is 72.8 Å². The smallest absolute Gasteiger partial charge is 0.253 e. The van der Waals surface area contributed by atoms with Crippen LogP contribution in [0, 0.1) is 12.7 Å². The maximum atomic E-state index is 13.3. The second-order valence-corrected chi connectivity index (χ2v) is 9.35. The third-order valence-electron chi connectivity index (χ3n) is 6.97. The van der Waals surface area contributed by atoms with Gasteiger partial charge in [0, 0.05) is 51.4 Å². The molecule has 3 aromatic rings. The van der Waals surface area contributed by atoms with E-state index < -0.39 is 0 Å². The maximum absolute atomic E-state index is 13.3. The van der Waals surface area contributed by atoms with Crippen molar-refractivity contribution in [2.45, 2.75) is 33.4 Å². The van der Waals surface area contributed by atoms with Crippen molar-refractivity contribution in [1.29, 1.82) is 0 Å². The first-order valence-electron chi connectivity index (χ1n) is 12.6. The molecule has 1 aliphatic rings. The Balaban J connectivity index is 1.52. The van der Waals surface area contributed by atoms with Crippen LogP contribution in [-0.4, -0.2) is 59.9 Å². The number of rotatable bonds is 8. The molecule has 4 rings (SSSR count). The van der Waals surface area contributed by atoms with Gasteiger partial charge in [0.2, 0.25) is 0 Å². The number of hydrogen-bond acceptors (Lipinski definition) is 3. The fraction of sp³-hybridized carbons (Fsp3) is 0.367. The lowest BCUT2D eigenvalue weighted by Crippen LogP contribution is -2.47. The van der Waals surface area contributed by atoms with Crippen LogP contribution in [0.3, 0.4) is 0 Å². The van der Waals surface area contributed by atoms with Crippen molar-refractivity contribution in [1.82, 2.24) is 14.7 Å². The van der Waals surface area contributed by atoms with Crippen LogP contribution in [0.1, 0.15) is 52.5 Å². The first kappa shape index (κ1) is 25.1. The monoisotopic (exact) mass is 473 g/mol. The van der Waals surface area contributed by atoms with E-state index in [1.54, 1.807) is 0 Å². The third kappa shape index (κ3) is 6.16. The average molecular weight is 474 g/mol. The number of carbonyl (C=O) groups is 1. The lowest BCUT2D eigenvalue weighted by molar-refractivity contribution is 0.0773. The van der Waals surface area contributed by atoms with Crippen molar-refractivity contribution in [3.8, 4) is 0 Å². The summed E-state index contributed by atoms with van der Waals surface area (Å²) in [5.41, 5.74) is 5.61. The summed E-state index contributed by atoms with van der Waals surface area (Å²) in [6.07, 6.45) is 0. The first-order valence-corrected chi connectivity index (χ1v) is 12.6. The summed E-state index contributed by atoms with van der Waals surface area (Å²) in [6.45, 7) is 12.2. The van der Waals surface area contributed by atoms with Gasteiger partial charge < -0.3 is 4.90 Å². The number of halogens is 1. The Labute approximate surface area is 209 Å². The highest BCUT2D eigenvalue weighted by Crippen LogP contribution is 2.31. The van der Waals surface area contributed by atoms with Crippen molar-refractivity contribution < 1.29 is 9.18 Å². The quantitative estimate of drug-likeness (QED) is 0.431. The highest BCUT2D eigenvalue weighted by atomic mass is 19.1. The fourth-order valence-electron chi connectivity index (χ4n) is 4.98. The van der Waals surface area contributed by atoms with Gasteiger partial charge in [0.15, 0.2) is 0 Å². The predicted octanol–water partition coefficient (Wildman–Crippen LogP) is 5.52. The summed E-state index contributed by atoms with van der Waals surface area (Å²) < 4.78 is 13.3. The van der Waals surface area contributed by atoms with Gasteiger partial charge in [0.1, 0.15) is 5.82 Å². The van der Waals surface area contributed by atoms with E-state index >= 15 is 0 Å². The topological polar surface area (TPSA) is 26.8 Å². The van der Waals surface area contributed by atoms with E-state index in [4.69, 9.17) is 0 Å². The lowest BCUT2D eigenvalue weighted by Gasteiger charge is -2.40. The summed E-state index contributed by atoms with van der Waals surface area (Å²) in [5.74, 6) is -0.104. The van der Waals surface area contributed by atoms with Crippen molar-refractivity contribution in [2.24, 2.45) is 0 Å². The summed E-state index contributed by atoms with van der Waals surface area (Å²) in [6, 6.07) is 23.9. The standard InChI is InChI=1S/C30H36FN3O/c1-4-33(5-2)30(35)26-13-11-25(12-14-26)29(27-8-6-7-23(3)21-27)34-19-17-32(18-20-34)22-24-9-15-28(31)16-10-24/h6-16,21,29H,4-5,17-20,22H2,1-3H3/t29-/m1/s1. The average Bonchev–Trinajstić information content (AvgIpc) is 2.88. The van der Waals surface area contributed by atoms with Gasteiger partial charge in [-0.25, -0.2) is 4.39 Å². The zero-order valence-corrected chi connectivity index (χ0v) is 21.1. The molecule has 1 amide bonds. The molecule has 1 fully saturated rings. The van der Waals surface area contributed by atoms with E-state index in [1.807, 2.05) is 43.0 Å². The van der Waals surface area contributed by atoms with Gasteiger partial charge in [-0.1, -0.05) is 54.1 Å². The largest absolute Gasteiger partial charge is 0.339 e. The van der Waals surface area contributed by atoms with Crippen LogP contribution < -0.4 is 0 Å². The van der Waals surface area contributed by atoms with E-state index in [0.717, 1.165) is 43.9 Å². The molecule has 0 radical (unpaired) electrons. The minimum absolute atomic E-state index is 0.0862. The van der Waals surface area contributed by atoms with Crippen LogP contribution in [0.4, 0.5) is 4.39 Å². The Morgan fingerprint density at radius 1 is 0.886 bits per heavy atom. The summed E-state index contributed by atoms with van der Waals surface area (Å²) >= 11 is 0. The fourth-order valence-corrected chi connectivity index (χ4v) is 4.98. The second kappa shape index (κ2) is 11.6. The number of nitrogens with zero attached hydrogens (tertiary/aromatic N) is 3. The van der Waals surface area contributed by atoms with Crippen molar-refractivity contribution >= 4 is 5.91 Å². The zero-order chi connectivity index (χ0) is 24.8. The molecule has 35 heavy (non-hydrogen) atoms. The molecule has 0 bridgehead atoms. The molecule has 0 saturated carbocycles. The van der Waals surface area contributed by atoms with Crippen LogP contribution >= 0.6 is 0 Å². The molecule has 0 N–H and O–H groups in total.